The van der Waals surface area contributed by atoms with Crippen molar-refractivity contribution in [2.75, 3.05) is 11.4 Å². The molecule has 6 nitrogen and oxygen atoms in total. The number of hydrogen-bond acceptors (Lipinski definition) is 4. The summed E-state index contributed by atoms with van der Waals surface area (Å²) in [6, 6.07) is 1.51. The number of anilines is 1. The number of ketones is 1. The van der Waals surface area contributed by atoms with E-state index < -0.39 is 47.0 Å². The first-order chi connectivity index (χ1) is 8.47. The molecule has 3 N–H and O–H groups in total. The molecule has 0 aliphatic carbocycles. The summed E-state index contributed by atoms with van der Waals surface area (Å²) < 4.78 is 26.9. The third-order valence-electron chi connectivity index (χ3n) is 2.48. The smallest absolute Gasteiger partial charge is 0.293 e. The van der Waals surface area contributed by atoms with Gasteiger partial charge in [-0.2, -0.15) is 0 Å². The molecule has 1 aromatic carbocycles. The highest BCUT2D eigenvalue weighted by Gasteiger charge is 2.41. The van der Waals surface area contributed by atoms with E-state index in [0.29, 0.717) is 4.90 Å². The molecule has 1 heterocycles. The number of rotatable bonds is 2. The van der Waals surface area contributed by atoms with Gasteiger partial charge >= 0.3 is 0 Å². The van der Waals surface area contributed by atoms with Crippen LogP contribution < -0.4 is 16.2 Å². The fourth-order valence-corrected chi connectivity index (χ4v) is 1.69. The number of benzene rings is 1. The van der Waals surface area contributed by atoms with Gasteiger partial charge in [0.15, 0.2) is 0 Å². The normalized spacial score (nSPS) is 13.8. The van der Waals surface area contributed by atoms with Crippen LogP contribution in [0.1, 0.15) is 10.4 Å². The van der Waals surface area contributed by atoms with E-state index in [1.807, 2.05) is 0 Å². The molecule has 0 radical (unpaired) electrons. The van der Waals surface area contributed by atoms with Crippen molar-refractivity contribution in [3.63, 3.8) is 0 Å². The summed E-state index contributed by atoms with van der Waals surface area (Å²) in [6.07, 6.45) is 0. The average molecular weight is 255 g/mol. The van der Waals surface area contributed by atoms with E-state index in [1.165, 1.54) is 0 Å². The Bertz CT molecular complexity index is 574. The van der Waals surface area contributed by atoms with E-state index >= 15 is 0 Å². The molecule has 0 fully saturated rings. The first-order valence-corrected chi connectivity index (χ1v) is 4.81. The predicted molar refractivity (Wildman–Crippen MR) is 55.4 cm³/mol. The second-order valence-electron chi connectivity index (χ2n) is 3.54. The van der Waals surface area contributed by atoms with E-state index in [9.17, 15) is 23.2 Å². The molecule has 2 rings (SSSR count). The highest BCUT2D eigenvalue weighted by Crippen LogP contribution is 2.33. The van der Waals surface area contributed by atoms with Crippen LogP contribution in [0.25, 0.3) is 0 Å². The van der Waals surface area contributed by atoms with Gasteiger partial charge in [0.1, 0.15) is 18.2 Å². The van der Waals surface area contributed by atoms with Crippen LogP contribution >= 0.6 is 0 Å². The molecular formula is C10H7F2N3O3. The summed E-state index contributed by atoms with van der Waals surface area (Å²) in [4.78, 5) is 34.7. The van der Waals surface area contributed by atoms with Crippen molar-refractivity contribution < 1.29 is 23.2 Å². The van der Waals surface area contributed by atoms with Crippen LogP contribution in [0.2, 0.25) is 0 Å². The molecule has 1 aromatic rings. The topological polar surface area (TPSA) is 92.5 Å². The van der Waals surface area contributed by atoms with Crippen LogP contribution in [0.3, 0.4) is 0 Å². The Morgan fingerprint density at radius 3 is 2.50 bits per heavy atom. The maximum Gasteiger partial charge on any atom is 0.300 e. The van der Waals surface area contributed by atoms with Crippen molar-refractivity contribution in [3.8, 4) is 0 Å². The molecule has 0 atom stereocenters. The molecular weight excluding hydrogens is 248 g/mol. The Morgan fingerprint density at radius 1 is 1.28 bits per heavy atom. The van der Waals surface area contributed by atoms with Crippen molar-refractivity contribution in [2.45, 2.75) is 0 Å². The fourth-order valence-electron chi connectivity index (χ4n) is 1.69. The molecule has 0 spiro atoms. The minimum absolute atomic E-state index is 0.534. The number of Topliss-reactive ketones (excluding diaryl/α,β-unsaturated/α-hetero) is 1. The Morgan fingerprint density at radius 2 is 1.89 bits per heavy atom. The number of carbonyl (C=O) groups excluding carboxylic acids is 3. The minimum Gasteiger partial charge on any atom is -0.293 e. The molecule has 0 saturated carbocycles. The van der Waals surface area contributed by atoms with Gasteiger partial charge in [-0.1, -0.05) is 0 Å². The first kappa shape index (κ1) is 12.1. The number of hydrogen-bond donors (Lipinski definition) is 2. The van der Waals surface area contributed by atoms with Crippen molar-refractivity contribution in [2.24, 2.45) is 5.84 Å². The molecule has 0 aromatic heterocycles. The lowest BCUT2D eigenvalue weighted by Gasteiger charge is -2.15. The maximum atomic E-state index is 13.5. The van der Waals surface area contributed by atoms with Gasteiger partial charge in [0.25, 0.3) is 17.6 Å². The second-order valence-corrected chi connectivity index (χ2v) is 3.54. The third-order valence-corrected chi connectivity index (χ3v) is 2.48. The Balaban J connectivity index is 2.55. The number of nitrogens with two attached hydrogens (primary N) is 1. The molecule has 0 bridgehead atoms. The SMILES string of the molecule is NNC(=O)CN1C(=O)C(=O)c2c(F)ccc(F)c21. The summed E-state index contributed by atoms with van der Waals surface area (Å²) >= 11 is 0. The first-order valence-electron chi connectivity index (χ1n) is 4.81. The third kappa shape index (κ3) is 1.63. The zero-order valence-electron chi connectivity index (χ0n) is 8.87. The van der Waals surface area contributed by atoms with Crippen molar-refractivity contribution in [3.05, 3.63) is 29.3 Å². The molecule has 94 valence electrons. The zero-order valence-corrected chi connectivity index (χ0v) is 8.87. The summed E-state index contributed by atoms with van der Waals surface area (Å²) in [5, 5.41) is 0. The molecule has 2 amide bonds. The lowest BCUT2D eigenvalue weighted by atomic mass is 10.1. The van der Waals surface area contributed by atoms with Gasteiger partial charge in [-0.3, -0.25) is 24.7 Å². The summed E-state index contributed by atoms with van der Waals surface area (Å²) in [7, 11) is 0. The van der Waals surface area contributed by atoms with Crippen LogP contribution in [-0.4, -0.2) is 24.1 Å². The largest absolute Gasteiger partial charge is 0.300 e. The van der Waals surface area contributed by atoms with Gasteiger partial charge in [-0.25, -0.2) is 14.6 Å². The zero-order chi connectivity index (χ0) is 13.4. The van der Waals surface area contributed by atoms with Crippen molar-refractivity contribution in [1.82, 2.24) is 5.43 Å². The Kier molecular flexibility index (Phi) is 2.79. The number of hydrazine groups is 1. The minimum atomic E-state index is -1.19. The van der Waals surface area contributed by atoms with E-state index in [2.05, 4.69) is 0 Å². The number of halogens is 2. The van der Waals surface area contributed by atoms with Gasteiger partial charge in [0.2, 0.25) is 0 Å². The van der Waals surface area contributed by atoms with Gasteiger partial charge in [-0.05, 0) is 12.1 Å². The lowest BCUT2D eigenvalue weighted by Crippen LogP contribution is -2.42. The number of amides is 2. The molecule has 1 aliphatic heterocycles. The molecule has 0 saturated heterocycles. The number of nitrogens with zero attached hydrogens (tertiary/aromatic N) is 1. The molecule has 18 heavy (non-hydrogen) atoms. The van der Waals surface area contributed by atoms with E-state index in [1.54, 1.807) is 5.43 Å². The Labute approximate surface area is 99.3 Å². The fraction of sp³-hybridized carbons (Fsp3) is 0.100. The van der Waals surface area contributed by atoms with Crippen LogP contribution in [0.15, 0.2) is 12.1 Å². The molecule has 0 unspecified atom stereocenters. The molecule has 1 aliphatic rings. The highest BCUT2D eigenvalue weighted by atomic mass is 19.1. The van der Waals surface area contributed by atoms with Crippen LogP contribution in [0.4, 0.5) is 14.5 Å². The quantitative estimate of drug-likeness (QED) is 0.322. The van der Waals surface area contributed by atoms with Crippen molar-refractivity contribution >= 4 is 23.3 Å². The van der Waals surface area contributed by atoms with E-state index in [0.717, 1.165) is 12.1 Å². The van der Waals surface area contributed by atoms with Gasteiger partial charge in [-0.15, -0.1) is 0 Å². The number of fused-ring (bicyclic) bond motifs is 1. The predicted octanol–water partition coefficient (Wildman–Crippen LogP) is -0.516. The van der Waals surface area contributed by atoms with Gasteiger partial charge in [0, 0.05) is 0 Å². The van der Waals surface area contributed by atoms with Gasteiger partial charge < -0.3 is 0 Å². The summed E-state index contributed by atoms with van der Waals surface area (Å²) in [6.45, 7) is -0.658. The van der Waals surface area contributed by atoms with E-state index in [4.69, 9.17) is 5.84 Å². The average Bonchev–Trinajstić information content (AvgIpc) is 2.60. The number of nitrogens with one attached hydrogen (secondary N) is 1. The summed E-state index contributed by atoms with van der Waals surface area (Å²) in [5.41, 5.74) is 0.536. The standard InChI is InChI=1S/C10H7F2N3O3/c11-4-1-2-5(12)8-7(4)9(17)10(18)15(8)3-6(16)14-13/h1-2H,3,13H2,(H,14,16). The number of carbonyl (C=O) groups is 3. The Hall–Kier alpha value is -2.35. The lowest BCUT2D eigenvalue weighted by molar-refractivity contribution is -0.122. The monoisotopic (exact) mass is 255 g/mol. The van der Waals surface area contributed by atoms with Gasteiger partial charge in [0.05, 0.1) is 11.3 Å². The maximum absolute atomic E-state index is 13.5. The second kappa shape index (κ2) is 4.15. The summed E-state index contributed by atoms with van der Waals surface area (Å²) in [5.74, 6) is -0.318. The van der Waals surface area contributed by atoms with Crippen LogP contribution in [0.5, 0.6) is 0 Å². The van der Waals surface area contributed by atoms with Crippen LogP contribution in [-0.2, 0) is 9.59 Å². The van der Waals surface area contributed by atoms with Crippen LogP contribution in [0, 0.1) is 11.6 Å². The highest BCUT2D eigenvalue weighted by molar-refractivity contribution is 6.52. The molecule has 8 heteroatoms. The van der Waals surface area contributed by atoms with E-state index in [-0.39, 0.29) is 0 Å². The van der Waals surface area contributed by atoms with Crippen molar-refractivity contribution in [1.29, 1.82) is 0 Å².